The van der Waals surface area contributed by atoms with Crippen LogP contribution in [0.4, 0.5) is 34.1 Å². The molecule has 11 aromatic carbocycles. The summed E-state index contributed by atoms with van der Waals surface area (Å²) < 4.78 is 5.12. The lowest BCUT2D eigenvalue weighted by Crippen LogP contribution is -2.61. The summed E-state index contributed by atoms with van der Waals surface area (Å²) in [6.07, 6.45) is 0. The largest absolute Gasteiger partial charge is 0.311 e. The summed E-state index contributed by atoms with van der Waals surface area (Å²) in [4.78, 5) is 5.26. The van der Waals surface area contributed by atoms with Crippen molar-refractivity contribution in [2.24, 2.45) is 0 Å². The van der Waals surface area contributed by atoms with Crippen molar-refractivity contribution in [1.82, 2.24) is 9.13 Å². The molecular formula is C82H75BN4. The zero-order chi connectivity index (χ0) is 60.1. The molecule has 4 nitrogen and oxygen atoms in total. The number of aromatic nitrogens is 2. The molecule has 4 heterocycles. The molecule has 2 aliphatic heterocycles. The summed E-state index contributed by atoms with van der Waals surface area (Å²) in [5.74, 6) is 0. The van der Waals surface area contributed by atoms with Crippen molar-refractivity contribution in [3.63, 3.8) is 0 Å². The summed E-state index contributed by atoms with van der Waals surface area (Å²) in [5, 5.41) is 5.06. The Labute approximate surface area is 514 Å². The number of rotatable bonds is 6. The van der Waals surface area contributed by atoms with Gasteiger partial charge in [0.15, 0.2) is 0 Å². The molecule has 0 unspecified atom stereocenters. The summed E-state index contributed by atoms with van der Waals surface area (Å²) in [7, 11) is 0. The normalized spacial score (nSPS) is 13.4. The standard InChI is InChI=1S/C82H75BN4/c1-79(2,3)62-36-19-13-28-54(62)56-30-15-23-42-70(56)86-72-44-27-45-73-76(72)83(66-48-46-52(50-74(66)86)84-68-40-21-17-32-58(68)60-34-25-38-64(77(60)84)81(7,8)9)67-49-47-53(85-69-41-22-18-33-59(69)61-35-26-39-65(78(61)85)82(10,11)12)51-75(67)87(73)71-43-24-16-31-57(71)55-29-14-20-37-63(55)80(4,5)6/h13-51H,1-12H3. The summed E-state index contributed by atoms with van der Waals surface area (Å²) in [6.45, 7) is 28.0. The first kappa shape index (κ1) is 54.3. The minimum absolute atomic E-state index is 0.107. The molecule has 0 N–H and O–H groups in total. The van der Waals surface area contributed by atoms with Crippen LogP contribution in [0.2, 0.25) is 0 Å². The van der Waals surface area contributed by atoms with Gasteiger partial charge in [0.05, 0.1) is 33.4 Å². The van der Waals surface area contributed by atoms with Gasteiger partial charge in [-0.25, -0.2) is 0 Å². The summed E-state index contributed by atoms with van der Waals surface area (Å²) in [6, 6.07) is 90.2. The van der Waals surface area contributed by atoms with E-state index in [1.165, 1.54) is 127 Å². The van der Waals surface area contributed by atoms with E-state index in [1.54, 1.807) is 0 Å². The molecule has 0 fully saturated rings. The van der Waals surface area contributed by atoms with Crippen molar-refractivity contribution in [1.29, 1.82) is 0 Å². The Morgan fingerprint density at radius 3 is 1.00 bits per heavy atom. The van der Waals surface area contributed by atoms with Gasteiger partial charge in [-0.2, -0.15) is 0 Å². The van der Waals surface area contributed by atoms with Gasteiger partial charge in [0.1, 0.15) is 0 Å². The first-order chi connectivity index (χ1) is 41.8. The van der Waals surface area contributed by atoms with Gasteiger partial charge in [0.25, 0.3) is 6.71 Å². The molecule has 426 valence electrons. The molecule has 15 rings (SSSR count). The fraction of sp³-hybridized carbons (Fsp3) is 0.195. The van der Waals surface area contributed by atoms with Crippen LogP contribution in [0.3, 0.4) is 0 Å². The third kappa shape index (κ3) is 8.47. The lowest BCUT2D eigenvalue weighted by molar-refractivity contribution is 0.591. The Morgan fingerprint density at radius 2 is 0.586 bits per heavy atom. The Kier molecular flexibility index (Phi) is 12.2. The predicted octanol–water partition coefficient (Wildman–Crippen LogP) is 20.5. The lowest BCUT2D eigenvalue weighted by Gasteiger charge is -2.45. The highest BCUT2D eigenvalue weighted by molar-refractivity contribution is 7.00. The van der Waals surface area contributed by atoms with Crippen molar-refractivity contribution < 1.29 is 0 Å². The van der Waals surface area contributed by atoms with Crippen molar-refractivity contribution in [3.8, 4) is 33.6 Å². The van der Waals surface area contributed by atoms with Crippen LogP contribution in [-0.4, -0.2) is 15.8 Å². The van der Waals surface area contributed by atoms with Gasteiger partial charge in [-0.1, -0.05) is 259 Å². The van der Waals surface area contributed by atoms with Crippen molar-refractivity contribution in [2.45, 2.75) is 105 Å². The molecule has 0 amide bonds. The minimum atomic E-state index is -0.133. The number of fused-ring (bicyclic) bond motifs is 10. The van der Waals surface area contributed by atoms with Crippen LogP contribution in [0.1, 0.15) is 105 Å². The van der Waals surface area contributed by atoms with E-state index in [4.69, 9.17) is 0 Å². The number of benzene rings is 11. The van der Waals surface area contributed by atoms with Gasteiger partial charge < -0.3 is 18.9 Å². The molecule has 0 saturated heterocycles. The van der Waals surface area contributed by atoms with E-state index in [1.807, 2.05) is 0 Å². The predicted molar refractivity (Wildman–Crippen MR) is 375 cm³/mol. The fourth-order valence-electron chi connectivity index (χ4n) is 15.0. The third-order valence-electron chi connectivity index (χ3n) is 18.8. The molecule has 2 aliphatic rings. The molecule has 0 radical (unpaired) electrons. The van der Waals surface area contributed by atoms with Crippen LogP contribution in [-0.2, 0) is 21.7 Å². The minimum Gasteiger partial charge on any atom is -0.311 e. The van der Waals surface area contributed by atoms with Gasteiger partial charge in [-0.3, -0.25) is 0 Å². The van der Waals surface area contributed by atoms with Crippen LogP contribution in [0.5, 0.6) is 0 Å². The Morgan fingerprint density at radius 1 is 0.264 bits per heavy atom. The fourth-order valence-corrected chi connectivity index (χ4v) is 15.0. The summed E-state index contributed by atoms with van der Waals surface area (Å²) in [5.41, 5.74) is 27.7. The quantitative estimate of drug-likeness (QED) is 0.154. The first-order valence-corrected chi connectivity index (χ1v) is 31.2. The molecule has 2 aromatic heterocycles. The second-order valence-electron chi connectivity index (χ2n) is 28.5. The highest BCUT2D eigenvalue weighted by Gasteiger charge is 2.45. The number of para-hydroxylation sites is 6. The molecule has 0 atom stereocenters. The number of anilines is 6. The molecule has 87 heavy (non-hydrogen) atoms. The Balaban J connectivity index is 1.07. The van der Waals surface area contributed by atoms with Gasteiger partial charge in [0, 0.05) is 66.8 Å². The lowest BCUT2D eigenvalue weighted by atomic mass is 9.33. The van der Waals surface area contributed by atoms with Crippen LogP contribution in [0.25, 0.3) is 77.2 Å². The molecule has 0 saturated carbocycles. The highest BCUT2D eigenvalue weighted by Crippen LogP contribution is 2.51. The van der Waals surface area contributed by atoms with E-state index in [9.17, 15) is 0 Å². The Bertz CT molecular complexity index is 4640. The van der Waals surface area contributed by atoms with E-state index in [0.717, 1.165) is 22.7 Å². The average molecular weight is 1130 g/mol. The second-order valence-corrected chi connectivity index (χ2v) is 28.5. The second kappa shape index (κ2) is 19.6. The van der Waals surface area contributed by atoms with Crippen LogP contribution in [0, 0.1) is 0 Å². The van der Waals surface area contributed by atoms with E-state index >= 15 is 0 Å². The zero-order valence-electron chi connectivity index (χ0n) is 52.4. The molecule has 0 spiro atoms. The molecule has 0 aliphatic carbocycles. The van der Waals surface area contributed by atoms with Crippen LogP contribution in [0.15, 0.2) is 237 Å². The van der Waals surface area contributed by atoms with Crippen LogP contribution < -0.4 is 26.2 Å². The van der Waals surface area contributed by atoms with E-state index in [2.05, 4.69) is 339 Å². The first-order valence-electron chi connectivity index (χ1n) is 31.2. The molecule has 13 aromatic rings. The van der Waals surface area contributed by atoms with Crippen molar-refractivity contribution >= 4 is 101 Å². The number of hydrogen-bond donors (Lipinski definition) is 0. The monoisotopic (exact) mass is 1130 g/mol. The van der Waals surface area contributed by atoms with Gasteiger partial charge in [-0.15, -0.1) is 0 Å². The topological polar surface area (TPSA) is 16.3 Å². The SMILES string of the molecule is CC(C)(C)c1ccccc1-c1ccccc1N1c2cc(-n3c4ccccc4c4cccc(C(C)(C)C)c43)ccc2B2c3ccc(-n4c5ccccc5c5cccc(C(C)(C)C)c54)cc3N(c3ccccc3-c3ccccc3C(C)(C)C)c3cccc1c32. The molecular weight excluding hydrogens is 1050 g/mol. The van der Waals surface area contributed by atoms with Gasteiger partial charge >= 0.3 is 0 Å². The van der Waals surface area contributed by atoms with E-state index in [-0.39, 0.29) is 28.4 Å². The average Bonchev–Trinajstić information content (AvgIpc) is 1.00. The number of nitrogens with zero attached hydrogens (tertiary/aromatic N) is 4. The molecule has 5 heteroatoms. The van der Waals surface area contributed by atoms with Gasteiger partial charge in [0.2, 0.25) is 0 Å². The van der Waals surface area contributed by atoms with Crippen molar-refractivity contribution in [2.75, 3.05) is 9.80 Å². The maximum atomic E-state index is 2.63. The van der Waals surface area contributed by atoms with E-state index < -0.39 is 0 Å². The molecule has 0 bridgehead atoms. The zero-order valence-corrected chi connectivity index (χ0v) is 52.4. The van der Waals surface area contributed by atoms with Crippen molar-refractivity contribution in [3.05, 3.63) is 259 Å². The summed E-state index contributed by atoms with van der Waals surface area (Å²) >= 11 is 0. The Hall–Kier alpha value is -9.32. The van der Waals surface area contributed by atoms with E-state index in [0.29, 0.717) is 0 Å². The van der Waals surface area contributed by atoms with Gasteiger partial charge in [-0.05, 0) is 132 Å². The third-order valence-corrected chi connectivity index (χ3v) is 18.8. The smallest absolute Gasteiger partial charge is 0.252 e. The maximum Gasteiger partial charge on any atom is 0.252 e. The number of hydrogen-bond acceptors (Lipinski definition) is 2. The maximum absolute atomic E-state index is 2.63. The van der Waals surface area contributed by atoms with Crippen LogP contribution >= 0.6 is 0 Å². The highest BCUT2D eigenvalue weighted by atomic mass is 15.2.